The van der Waals surface area contributed by atoms with Crippen molar-refractivity contribution in [3.8, 4) is 11.8 Å². The van der Waals surface area contributed by atoms with Crippen LogP contribution < -0.4 is 25.2 Å². The van der Waals surface area contributed by atoms with Gasteiger partial charge in [0.15, 0.2) is 11.5 Å². The summed E-state index contributed by atoms with van der Waals surface area (Å²) in [6, 6.07) is 16.8. The molecule has 3 aliphatic heterocycles. The first-order chi connectivity index (χ1) is 27.2. The topological polar surface area (TPSA) is 162 Å². The van der Waals surface area contributed by atoms with Gasteiger partial charge in [-0.25, -0.2) is 4.79 Å². The van der Waals surface area contributed by atoms with E-state index in [0.29, 0.717) is 40.4 Å². The Labute approximate surface area is 331 Å². The predicted molar refractivity (Wildman–Crippen MR) is 212 cm³/mol. The van der Waals surface area contributed by atoms with E-state index in [1.165, 1.54) is 0 Å². The molecule has 56 heavy (non-hydrogen) atoms. The van der Waals surface area contributed by atoms with Crippen LogP contribution in [0.3, 0.4) is 0 Å². The minimum Gasteiger partial charge on any atom is -0.490 e. The molecule has 4 aromatic rings. The summed E-state index contributed by atoms with van der Waals surface area (Å²) >= 11 is 6.16. The van der Waals surface area contributed by atoms with Crippen LogP contribution in [-0.2, 0) is 4.79 Å². The first-order valence-electron chi connectivity index (χ1n) is 19.8. The van der Waals surface area contributed by atoms with Crippen molar-refractivity contribution in [1.82, 2.24) is 35.5 Å². The highest BCUT2D eigenvalue weighted by Crippen LogP contribution is 2.34. The van der Waals surface area contributed by atoms with E-state index in [2.05, 4.69) is 54.4 Å². The Hall–Kier alpha value is -5.26. The molecule has 3 saturated heterocycles. The minimum atomic E-state index is -0.382. The van der Waals surface area contributed by atoms with Crippen LogP contribution in [0.25, 0.3) is 10.9 Å². The summed E-state index contributed by atoms with van der Waals surface area (Å²) in [5.74, 6) is 2.07. The smallest absolute Gasteiger partial charge is 0.328 e. The zero-order valence-corrected chi connectivity index (χ0v) is 32.3. The second-order valence-electron chi connectivity index (χ2n) is 15.7. The fraction of sp³-hybridized carbons (Fsp3) is 0.488. The second kappa shape index (κ2) is 16.5. The standard InChI is InChI=1S/C41H47ClN10O4/c1-26-24-50(38-12-11-35(47-48-38)40(54)45-29-6-9-31(10-7-29)56-32-8-5-27(22-43)34(42)21-32)19-13-28(26)25-49-17-14-30(15-18-49)52-37-4-2-3-36(33(37)23-44-52)51-20-16-39(53)46-41(51)55/h2-5,8,11-12,21,23,26,28-31H,6-7,9-10,13-20,24-25H2,1H3,(H,45,54)(H,46,53,55)/t26-,28-,29?,31?/m0/s1. The highest BCUT2D eigenvalue weighted by Gasteiger charge is 2.32. The van der Waals surface area contributed by atoms with Crippen molar-refractivity contribution in [2.75, 3.05) is 49.1 Å². The van der Waals surface area contributed by atoms with Crippen LogP contribution in [0.4, 0.5) is 16.3 Å². The third-order valence-corrected chi connectivity index (χ3v) is 12.3. The molecule has 8 rings (SSSR count). The van der Waals surface area contributed by atoms with Crippen LogP contribution in [-0.4, -0.2) is 94.1 Å². The lowest BCUT2D eigenvalue weighted by molar-refractivity contribution is -0.120. The van der Waals surface area contributed by atoms with Gasteiger partial charge in [0.25, 0.3) is 5.91 Å². The molecular formula is C41H47ClN10O4. The normalized spacial score (nSPS) is 23.8. The summed E-state index contributed by atoms with van der Waals surface area (Å²) in [6.45, 7) is 7.56. The molecule has 5 heterocycles. The fourth-order valence-corrected chi connectivity index (χ4v) is 8.99. The van der Waals surface area contributed by atoms with Gasteiger partial charge in [0.05, 0.1) is 40.1 Å². The average Bonchev–Trinajstić information content (AvgIpc) is 3.65. The number of hydrogen-bond acceptors (Lipinski definition) is 10. The molecule has 2 N–H and O–H groups in total. The Morgan fingerprint density at radius 2 is 1.82 bits per heavy atom. The maximum Gasteiger partial charge on any atom is 0.328 e. The van der Waals surface area contributed by atoms with Gasteiger partial charge >= 0.3 is 6.03 Å². The van der Waals surface area contributed by atoms with Crippen molar-refractivity contribution >= 4 is 51.9 Å². The van der Waals surface area contributed by atoms with Gasteiger partial charge in [-0.2, -0.15) is 10.4 Å². The molecule has 4 amide bonds. The molecule has 14 nitrogen and oxygen atoms in total. The summed E-state index contributed by atoms with van der Waals surface area (Å²) in [5, 5.41) is 29.5. The Balaban J connectivity index is 0.777. The van der Waals surface area contributed by atoms with Gasteiger partial charge in [-0.05, 0) is 93.2 Å². The maximum absolute atomic E-state index is 13.1. The van der Waals surface area contributed by atoms with E-state index in [-0.39, 0.29) is 42.5 Å². The number of amides is 4. The first kappa shape index (κ1) is 37.7. The number of carbonyl (C=O) groups is 3. The Bertz CT molecular complexity index is 2120. The van der Waals surface area contributed by atoms with Crippen molar-refractivity contribution in [2.24, 2.45) is 11.8 Å². The zero-order chi connectivity index (χ0) is 38.8. The van der Waals surface area contributed by atoms with E-state index in [0.717, 1.165) is 100 Å². The van der Waals surface area contributed by atoms with Gasteiger partial charge in [0.2, 0.25) is 5.91 Å². The molecule has 4 aliphatic rings. The number of nitriles is 1. The predicted octanol–water partition coefficient (Wildman–Crippen LogP) is 5.72. The molecule has 0 spiro atoms. The lowest BCUT2D eigenvalue weighted by atomic mass is 9.86. The van der Waals surface area contributed by atoms with Crippen LogP contribution in [0.15, 0.2) is 54.7 Å². The lowest BCUT2D eigenvalue weighted by Crippen LogP contribution is -2.49. The molecule has 4 fully saturated rings. The average molecular weight is 779 g/mol. The second-order valence-corrected chi connectivity index (χ2v) is 16.1. The maximum atomic E-state index is 13.1. The molecule has 2 aromatic carbocycles. The van der Waals surface area contributed by atoms with Gasteiger partial charge in [-0.15, -0.1) is 10.2 Å². The number of imide groups is 1. The third kappa shape index (κ3) is 8.15. The summed E-state index contributed by atoms with van der Waals surface area (Å²) < 4.78 is 8.22. The number of nitrogens with one attached hydrogen (secondary N) is 2. The number of rotatable bonds is 9. The number of halogens is 1. The monoisotopic (exact) mass is 778 g/mol. The number of hydrogen-bond donors (Lipinski definition) is 2. The minimum absolute atomic E-state index is 0.0304. The van der Waals surface area contributed by atoms with Gasteiger partial charge in [0.1, 0.15) is 11.8 Å². The number of ether oxygens (including phenoxy) is 1. The van der Waals surface area contributed by atoms with Crippen molar-refractivity contribution in [2.45, 2.75) is 76.5 Å². The van der Waals surface area contributed by atoms with E-state index in [1.54, 1.807) is 29.2 Å². The molecule has 0 bridgehead atoms. The number of likely N-dealkylation sites (tertiary alicyclic amines) is 1. The van der Waals surface area contributed by atoms with Crippen LogP contribution in [0, 0.1) is 23.2 Å². The quantitative estimate of drug-likeness (QED) is 0.215. The van der Waals surface area contributed by atoms with Gasteiger partial charge in [-0.1, -0.05) is 24.6 Å². The zero-order valence-electron chi connectivity index (χ0n) is 31.6. The number of benzene rings is 2. The number of aromatic nitrogens is 4. The lowest BCUT2D eigenvalue weighted by Gasteiger charge is -2.41. The SMILES string of the molecule is C[C@H]1CN(c2ccc(C(=O)NC3CCC(Oc4ccc(C#N)c(Cl)c4)CC3)nn2)CC[C@H]1CN1CCC(n2ncc3c(N4CCC(=O)NC4=O)cccc32)CC1. The van der Waals surface area contributed by atoms with Gasteiger partial charge in [-0.3, -0.25) is 24.5 Å². The van der Waals surface area contributed by atoms with Crippen molar-refractivity contribution < 1.29 is 19.1 Å². The Kier molecular flexibility index (Phi) is 11.1. The van der Waals surface area contributed by atoms with E-state index < -0.39 is 0 Å². The number of nitrogens with zero attached hydrogens (tertiary/aromatic N) is 8. The number of fused-ring (bicyclic) bond motifs is 1. The van der Waals surface area contributed by atoms with Crippen molar-refractivity contribution in [1.29, 1.82) is 5.26 Å². The van der Waals surface area contributed by atoms with Crippen LogP contribution in [0.5, 0.6) is 5.75 Å². The van der Waals surface area contributed by atoms with E-state index >= 15 is 0 Å². The van der Waals surface area contributed by atoms with Gasteiger partial charge in [0, 0.05) is 63.2 Å². The summed E-state index contributed by atoms with van der Waals surface area (Å²) in [6.07, 6.45) is 8.45. The van der Waals surface area contributed by atoms with Crippen molar-refractivity contribution in [3.05, 3.63) is 71.0 Å². The fourth-order valence-electron chi connectivity index (χ4n) is 8.78. The van der Waals surface area contributed by atoms with E-state index in [1.807, 2.05) is 24.4 Å². The molecule has 2 aromatic heterocycles. The van der Waals surface area contributed by atoms with Crippen LogP contribution in [0.2, 0.25) is 5.02 Å². The third-order valence-electron chi connectivity index (χ3n) is 12.0. The molecule has 2 atom stereocenters. The number of urea groups is 1. The highest BCUT2D eigenvalue weighted by molar-refractivity contribution is 6.31. The number of anilines is 2. The molecular weight excluding hydrogens is 732 g/mol. The Morgan fingerprint density at radius 1 is 1.00 bits per heavy atom. The molecule has 0 unspecified atom stereocenters. The summed E-state index contributed by atoms with van der Waals surface area (Å²) in [7, 11) is 0. The largest absolute Gasteiger partial charge is 0.490 e. The molecule has 292 valence electrons. The van der Waals surface area contributed by atoms with Crippen LogP contribution >= 0.6 is 11.6 Å². The van der Waals surface area contributed by atoms with Gasteiger partial charge < -0.3 is 19.9 Å². The van der Waals surface area contributed by atoms with E-state index in [9.17, 15) is 14.4 Å². The summed E-state index contributed by atoms with van der Waals surface area (Å²) in [5.41, 5.74) is 2.55. The number of piperidine rings is 2. The highest BCUT2D eigenvalue weighted by atomic mass is 35.5. The van der Waals surface area contributed by atoms with E-state index in [4.69, 9.17) is 26.7 Å². The number of carbonyl (C=O) groups excluding carboxylic acids is 3. The molecule has 1 saturated carbocycles. The van der Waals surface area contributed by atoms with Crippen molar-refractivity contribution in [3.63, 3.8) is 0 Å². The first-order valence-corrected chi connectivity index (χ1v) is 20.2. The molecule has 1 aliphatic carbocycles. The molecule has 15 heteroatoms. The summed E-state index contributed by atoms with van der Waals surface area (Å²) in [4.78, 5) is 43.8. The van der Waals surface area contributed by atoms with Crippen LogP contribution in [0.1, 0.15) is 80.4 Å². The Morgan fingerprint density at radius 3 is 2.54 bits per heavy atom. The molecule has 0 radical (unpaired) electrons.